The zero-order valence-corrected chi connectivity index (χ0v) is 12.3. The van der Waals surface area contributed by atoms with E-state index in [1.165, 1.54) is 12.8 Å². The van der Waals surface area contributed by atoms with Gasteiger partial charge in [-0.1, -0.05) is 25.0 Å². The Labute approximate surface area is 123 Å². The molecule has 1 aromatic carbocycles. The fourth-order valence-corrected chi connectivity index (χ4v) is 3.09. The van der Waals surface area contributed by atoms with E-state index in [1.807, 2.05) is 6.92 Å². The van der Waals surface area contributed by atoms with E-state index in [-0.39, 0.29) is 6.04 Å². The summed E-state index contributed by atoms with van der Waals surface area (Å²) in [6, 6.07) is 5.80. The molecule has 3 atom stereocenters. The third kappa shape index (κ3) is 4.20. The maximum Gasteiger partial charge on any atom is 0.416 e. The van der Waals surface area contributed by atoms with Crippen LogP contribution in [0.15, 0.2) is 24.3 Å². The summed E-state index contributed by atoms with van der Waals surface area (Å²) in [6.07, 6.45) is 0.354. The number of benzene rings is 1. The van der Waals surface area contributed by atoms with Crippen LogP contribution in [0.1, 0.15) is 49.8 Å². The highest BCUT2D eigenvalue weighted by molar-refractivity contribution is 5.26. The van der Waals surface area contributed by atoms with Crippen molar-refractivity contribution in [3.63, 3.8) is 0 Å². The van der Waals surface area contributed by atoms with Gasteiger partial charge in [0.05, 0.1) is 5.56 Å². The molecule has 1 aliphatic carbocycles. The first-order valence-electron chi connectivity index (χ1n) is 7.55. The molecule has 118 valence electrons. The second-order valence-corrected chi connectivity index (χ2v) is 5.89. The molecule has 0 radical (unpaired) electrons. The normalized spacial score (nSPS) is 24.8. The maximum atomic E-state index is 12.6. The quantitative estimate of drug-likeness (QED) is 0.885. The Kier molecular flexibility index (Phi) is 5.27. The van der Waals surface area contributed by atoms with E-state index in [0.29, 0.717) is 18.5 Å². The third-order valence-corrected chi connectivity index (χ3v) is 4.41. The summed E-state index contributed by atoms with van der Waals surface area (Å²) in [6.45, 7) is 2.65. The second kappa shape index (κ2) is 6.79. The summed E-state index contributed by atoms with van der Waals surface area (Å²) < 4.78 is 37.7. The number of hydrogen-bond donors (Lipinski definition) is 2. The first-order valence-corrected chi connectivity index (χ1v) is 7.55. The molecule has 1 fully saturated rings. The zero-order chi connectivity index (χ0) is 15.5. The lowest BCUT2D eigenvalue weighted by atomic mass is 9.84. The van der Waals surface area contributed by atoms with Crippen LogP contribution in [-0.2, 0) is 6.18 Å². The van der Waals surface area contributed by atoms with Gasteiger partial charge in [-0.2, -0.15) is 13.2 Å². The second-order valence-electron chi connectivity index (χ2n) is 5.89. The molecule has 0 bridgehead atoms. The molecule has 1 aliphatic rings. The van der Waals surface area contributed by atoms with Gasteiger partial charge in [0.15, 0.2) is 0 Å². The number of alkyl halides is 3. The average molecular weight is 300 g/mol. The van der Waals surface area contributed by atoms with Crippen molar-refractivity contribution >= 4 is 0 Å². The van der Waals surface area contributed by atoms with Crippen molar-refractivity contribution in [3.8, 4) is 0 Å². The molecule has 0 heterocycles. The van der Waals surface area contributed by atoms with Gasteiger partial charge in [-0.25, -0.2) is 0 Å². The van der Waals surface area contributed by atoms with Gasteiger partial charge in [0.2, 0.25) is 0 Å². The van der Waals surface area contributed by atoms with Crippen molar-refractivity contribution in [2.75, 3.05) is 6.54 Å². The van der Waals surface area contributed by atoms with Gasteiger partial charge in [0, 0.05) is 12.1 Å². The molecule has 21 heavy (non-hydrogen) atoms. The predicted molar refractivity (Wildman–Crippen MR) is 77.8 cm³/mol. The molecule has 1 aromatic rings. The molecule has 5 heteroatoms. The van der Waals surface area contributed by atoms with Gasteiger partial charge in [-0.05, 0) is 49.9 Å². The minimum absolute atomic E-state index is 0.0319. The van der Waals surface area contributed by atoms with E-state index in [4.69, 9.17) is 5.73 Å². The van der Waals surface area contributed by atoms with Gasteiger partial charge in [-0.3, -0.25) is 0 Å². The summed E-state index contributed by atoms with van der Waals surface area (Å²) in [5, 5.41) is 3.53. The lowest BCUT2D eigenvalue weighted by Gasteiger charge is -2.34. The highest BCUT2D eigenvalue weighted by Gasteiger charge is 2.30. The Balaban J connectivity index is 2.01. The molecule has 0 saturated heterocycles. The number of halogens is 3. The Hall–Kier alpha value is -1.07. The number of hydrogen-bond acceptors (Lipinski definition) is 2. The van der Waals surface area contributed by atoms with Gasteiger partial charge in [0.1, 0.15) is 0 Å². The van der Waals surface area contributed by atoms with Crippen LogP contribution in [0.5, 0.6) is 0 Å². The lowest BCUT2D eigenvalue weighted by molar-refractivity contribution is -0.137. The molecule has 1 saturated carbocycles. The predicted octanol–water partition coefficient (Wildman–Crippen LogP) is 3.87. The molecule has 3 N–H and O–H groups in total. The first-order chi connectivity index (χ1) is 9.91. The number of nitrogens with one attached hydrogen (secondary N) is 1. The molecule has 0 amide bonds. The highest BCUT2D eigenvalue weighted by atomic mass is 19.4. The summed E-state index contributed by atoms with van der Waals surface area (Å²) in [7, 11) is 0. The molecule has 2 rings (SSSR count). The monoisotopic (exact) mass is 300 g/mol. The first kappa shape index (κ1) is 16.3. The van der Waals surface area contributed by atoms with Crippen molar-refractivity contribution in [2.45, 2.75) is 50.9 Å². The molecular weight excluding hydrogens is 277 g/mol. The van der Waals surface area contributed by atoms with Crippen molar-refractivity contribution in [1.29, 1.82) is 0 Å². The van der Waals surface area contributed by atoms with Crippen LogP contribution in [0.4, 0.5) is 13.2 Å². The Morgan fingerprint density at radius 1 is 1.19 bits per heavy atom. The number of rotatable bonds is 4. The molecular formula is C16H23F3N2. The van der Waals surface area contributed by atoms with Crippen molar-refractivity contribution in [1.82, 2.24) is 5.32 Å². The van der Waals surface area contributed by atoms with E-state index >= 15 is 0 Å². The van der Waals surface area contributed by atoms with Crippen LogP contribution in [0.2, 0.25) is 0 Å². The maximum absolute atomic E-state index is 12.6. The third-order valence-electron chi connectivity index (χ3n) is 4.41. The average Bonchev–Trinajstić information content (AvgIpc) is 2.47. The Bertz CT molecular complexity index is 442. The molecule has 3 unspecified atom stereocenters. The van der Waals surface area contributed by atoms with Crippen LogP contribution in [0.3, 0.4) is 0 Å². The largest absolute Gasteiger partial charge is 0.416 e. The minimum atomic E-state index is -4.27. The van der Waals surface area contributed by atoms with Gasteiger partial charge in [0.25, 0.3) is 0 Å². The van der Waals surface area contributed by atoms with Crippen molar-refractivity contribution in [2.24, 2.45) is 11.7 Å². The van der Waals surface area contributed by atoms with E-state index < -0.39 is 11.7 Å². The van der Waals surface area contributed by atoms with Gasteiger partial charge >= 0.3 is 6.18 Å². The summed E-state index contributed by atoms with van der Waals surface area (Å²) in [5.41, 5.74) is 6.09. The van der Waals surface area contributed by atoms with E-state index in [0.717, 1.165) is 30.5 Å². The summed E-state index contributed by atoms with van der Waals surface area (Å²) in [4.78, 5) is 0. The van der Waals surface area contributed by atoms with Crippen LogP contribution in [0.25, 0.3) is 0 Å². The standard InChI is InChI=1S/C16H23F3N2/c1-11(21-15-5-3-2-4-13(15)10-20)12-6-8-14(9-7-12)16(17,18)19/h6-9,11,13,15,21H,2-5,10,20H2,1H3. The van der Waals surface area contributed by atoms with Gasteiger partial charge in [-0.15, -0.1) is 0 Å². The van der Waals surface area contributed by atoms with E-state index in [1.54, 1.807) is 12.1 Å². The molecule has 0 aromatic heterocycles. The minimum Gasteiger partial charge on any atom is -0.330 e. The molecule has 2 nitrogen and oxygen atoms in total. The summed E-state index contributed by atoms with van der Waals surface area (Å²) in [5.74, 6) is 0.468. The van der Waals surface area contributed by atoms with Crippen LogP contribution < -0.4 is 11.1 Å². The van der Waals surface area contributed by atoms with Crippen molar-refractivity contribution in [3.05, 3.63) is 35.4 Å². The molecule has 0 spiro atoms. The number of nitrogens with two attached hydrogens (primary N) is 1. The topological polar surface area (TPSA) is 38.0 Å². The zero-order valence-electron chi connectivity index (χ0n) is 12.3. The van der Waals surface area contributed by atoms with Crippen molar-refractivity contribution < 1.29 is 13.2 Å². The van der Waals surface area contributed by atoms with Gasteiger partial charge < -0.3 is 11.1 Å². The van der Waals surface area contributed by atoms with Crippen LogP contribution in [0, 0.1) is 5.92 Å². The Morgan fingerprint density at radius 3 is 2.38 bits per heavy atom. The SMILES string of the molecule is CC(NC1CCCCC1CN)c1ccc(C(F)(F)F)cc1. The lowest BCUT2D eigenvalue weighted by Crippen LogP contribution is -2.42. The van der Waals surface area contributed by atoms with Crippen LogP contribution >= 0.6 is 0 Å². The highest BCUT2D eigenvalue weighted by Crippen LogP contribution is 2.30. The Morgan fingerprint density at radius 2 is 1.81 bits per heavy atom. The van der Waals surface area contributed by atoms with E-state index in [2.05, 4.69) is 5.32 Å². The van der Waals surface area contributed by atoms with E-state index in [9.17, 15) is 13.2 Å². The summed E-state index contributed by atoms with van der Waals surface area (Å²) >= 11 is 0. The van der Waals surface area contributed by atoms with Crippen LogP contribution in [-0.4, -0.2) is 12.6 Å². The molecule has 0 aliphatic heterocycles. The fraction of sp³-hybridized carbons (Fsp3) is 0.625. The smallest absolute Gasteiger partial charge is 0.330 e. The fourth-order valence-electron chi connectivity index (χ4n) is 3.09.